The summed E-state index contributed by atoms with van der Waals surface area (Å²) < 4.78 is 5.22. The van der Waals surface area contributed by atoms with Gasteiger partial charge in [-0.1, -0.05) is 0 Å². The first-order chi connectivity index (χ1) is 13.0. The highest BCUT2D eigenvalue weighted by Gasteiger charge is 2.41. The number of aromatic nitrogens is 4. The van der Waals surface area contributed by atoms with Crippen molar-refractivity contribution in [3.63, 3.8) is 0 Å². The van der Waals surface area contributed by atoms with E-state index in [9.17, 15) is 9.59 Å². The SMILES string of the molecule is COc1ccc2[nH]c(C(=O)N3C[C@@H](C(N)=O)[C@H](c4n[nH]c(C)n4)C3)cc2c1. The molecule has 1 fully saturated rings. The molecule has 2 aromatic heterocycles. The van der Waals surface area contributed by atoms with Crippen LogP contribution >= 0.6 is 0 Å². The van der Waals surface area contributed by atoms with Gasteiger partial charge in [-0.05, 0) is 31.2 Å². The molecule has 2 atom stereocenters. The number of H-pyrrole nitrogens is 2. The first-order valence-electron chi connectivity index (χ1n) is 8.60. The van der Waals surface area contributed by atoms with E-state index in [1.165, 1.54) is 0 Å². The van der Waals surface area contributed by atoms with Crippen LogP contribution in [0, 0.1) is 12.8 Å². The third kappa shape index (κ3) is 3.01. The summed E-state index contributed by atoms with van der Waals surface area (Å²) in [5.74, 6) is 0.394. The number of carbonyl (C=O) groups excluding carboxylic acids is 2. The van der Waals surface area contributed by atoms with Gasteiger partial charge >= 0.3 is 0 Å². The lowest BCUT2D eigenvalue weighted by Crippen LogP contribution is -2.32. The standard InChI is InChI=1S/C18H20N6O3/c1-9-20-17(23-22-9)13-8-24(7-12(13)16(19)25)18(26)15-6-10-5-11(27-2)3-4-14(10)21-15/h3-6,12-13,21H,7-8H2,1-2H3,(H2,19,25)(H,20,22,23)/t12-,13-/m1/s1. The third-order valence-corrected chi connectivity index (χ3v) is 4.98. The monoisotopic (exact) mass is 368 g/mol. The Morgan fingerprint density at radius 1 is 1.30 bits per heavy atom. The summed E-state index contributed by atoms with van der Waals surface area (Å²) in [5.41, 5.74) is 6.85. The number of benzene rings is 1. The minimum Gasteiger partial charge on any atom is -0.497 e. The predicted molar refractivity (Wildman–Crippen MR) is 97.3 cm³/mol. The summed E-state index contributed by atoms with van der Waals surface area (Å²) in [4.78, 5) is 33.9. The van der Waals surface area contributed by atoms with E-state index in [0.717, 1.165) is 16.7 Å². The molecule has 4 rings (SSSR count). The number of primary amides is 1. The molecule has 4 N–H and O–H groups in total. The van der Waals surface area contributed by atoms with Crippen LogP contribution in [-0.2, 0) is 4.79 Å². The molecule has 0 bridgehead atoms. The molecule has 3 heterocycles. The maximum Gasteiger partial charge on any atom is 0.270 e. The van der Waals surface area contributed by atoms with Gasteiger partial charge in [-0.2, -0.15) is 5.10 Å². The van der Waals surface area contributed by atoms with Crippen LogP contribution in [0.15, 0.2) is 24.3 Å². The summed E-state index contributed by atoms with van der Waals surface area (Å²) in [6.07, 6.45) is 0. The van der Waals surface area contributed by atoms with E-state index < -0.39 is 11.8 Å². The number of likely N-dealkylation sites (tertiary alicyclic amines) is 1. The maximum absolute atomic E-state index is 13.0. The predicted octanol–water partition coefficient (Wildman–Crippen LogP) is 0.944. The molecule has 0 aliphatic carbocycles. The van der Waals surface area contributed by atoms with Crippen molar-refractivity contribution in [2.75, 3.05) is 20.2 Å². The number of hydrogen-bond acceptors (Lipinski definition) is 5. The van der Waals surface area contributed by atoms with Crippen LogP contribution in [0.3, 0.4) is 0 Å². The van der Waals surface area contributed by atoms with Crippen LogP contribution in [-0.4, -0.2) is 57.1 Å². The molecule has 3 aromatic rings. The number of rotatable bonds is 4. The average Bonchev–Trinajstić information content (AvgIpc) is 3.37. The van der Waals surface area contributed by atoms with Crippen molar-refractivity contribution in [1.29, 1.82) is 0 Å². The number of amides is 2. The smallest absolute Gasteiger partial charge is 0.270 e. The Kier molecular flexibility index (Phi) is 4.06. The van der Waals surface area contributed by atoms with Crippen molar-refractivity contribution in [2.45, 2.75) is 12.8 Å². The van der Waals surface area contributed by atoms with E-state index >= 15 is 0 Å². The van der Waals surface area contributed by atoms with Crippen LogP contribution < -0.4 is 10.5 Å². The quantitative estimate of drug-likeness (QED) is 0.631. The second kappa shape index (κ2) is 6.42. The maximum atomic E-state index is 13.0. The Morgan fingerprint density at radius 3 is 2.78 bits per heavy atom. The van der Waals surface area contributed by atoms with Crippen LogP contribution in [0.25, 0.3) is 10.9 Å². The molecule has 0 spiro atoms. The second-order valence-electron chi connectivity index (χ2n) is 6.74. The van der Waals surface area contributed by atoms with Gasteiger partial charge in [0.1, 0.15) is 17.3 Å². The van der Waals surface area contributed by atoms with E-state index in [2.05, 4.69) is 20.2 Å². The van der Waals surface area contributed by atoms with Gasteiger partial charge in [0, 0.05) is 24.0 Å². The summed E-state index contributed by atoms with van der Waals surface area (Å²) in [5, 5.41) is 7.80. The van der Waals surface area contributed by atoms with Crippen molar-refractivity contribution in [1.82, 2.24) is 25.1 Å². The highest BCUT2D eigenvalue weighted by molar-refractivity contribution is 5.99. The van der Waals surface area contributed by atoms with E-state index in [4.69, 9.17) is 10.5 Å². The normalized spacial score (nSPS) is 19.6. The summed E-state index contributed by atoms with van der Waals surface area (Å²) in [7, 11) is 1.60. The number of nitrogens with zero attached hydrogens (tertiary/aromatic N) is 3. The van der Waals surface area contributed by atoms with Gasteiger partial charge in [-0.15, -0.1) is 0 Å². The van der Waals surface area contributed by atoms with Crippen LogP contribution in [0.2, 0.25) is 0 Å². The Labute approximate surface area is 154 Å². The zero-order chi connectivity index (χ0) is 19.1. The van der Waals surface area contributed by atoms with Gasteiger partial charge in [0.2, 0.25) is 5.91 Å². The first kappa shape index (κ1) is 17.1. The van der Waals surface area contributed by atoms with Gasteiger partial charge in [-0.25, -0.2) is 4.98 Å². The Bertz CT molecular complexity index is 1020. The zero-order valence-corrected chi connectivity index (χ0v) is 15.0. The molecule has 9 nitrogen and oxygen atoms in total. The number of hydrogen-bond donors (Lipinski definition) is 3. The fraction of sp³-hybridized carbons (Fsp3) is 0.333. The number of methoxy groups -OCH3 is 1. The molecular formula is C18H20N6O3. The highest BCUT2D eigenvalue weighted by atomic mass is 16.5. The average molecular weight is 368 g/mol. The van der Waals surface area contributed by atoms with Crippen molar-refractivity contribution >= 4 is 22.7 Å². The van der Waals surface area contributed by atoms with E-state index in [0.29, 0.717) is 23.9 Å². The van der Waals surface area contributed by atoms with Crippen LogP contribution in [0.1, 0.15) is 28.1 Å². The number of aromatic amines is 2. The number of nitrogens with two attached hydrogens (primary N) is 1. The Balaban J connectivity index is 1.61. The van der Waals surface area contributed by atoms with Gasteiger partial charge in [0.25, 0.3) is 5.91 Å². The Morgan fingerprint density at radius 2 is 2.11 bits per heavy atom. The highest BCUT2D eigenvalue weighted by Crippen LogP contribution is 2.32. The summed E-state index contributed by atoms with van der Waals surface area (Å²) in [6, 6.07) is 7.33. The largest absolute Gasteiger partial charge is 0.497 e. The van der Waals surface area contributed by atoms with Crippen molar-refractivity contribution in [3.05, 3.63) is 41.6 Å². The Hall–Kier alpha value is -3.36. The molecule has 1 saturated heterocycles. The number of fused-ring (bicyclic) bond motifs is 1. The number of ether oxygens (including phenoxy) is 1. The lowest BCUT2D eigenvalue weighted by Gasteiger charge is -2.14. The zero-order valence-electron chi connectivity index (χ0n) is 15.0. The minimum atomic E-state index is -0.520. The number of aryl methyl sites for hydroxylation is 1. The fourth-order valence-corrected chi connectivity index (χ4v) is 3.57. The van der Waals surface area contributed by atoms with Crippen molar-refractivity contribution in [2.24, 2.45) is 11.7 Å². The van der Waals surface area contributed by atoms with Gasteiger partial charge in [0.05, 0.1) is 18.9 Å². The van der Waals surface area contributed by atoms with Gasteiger partial charge in [-0.3, -0.25) is 14.7 Å². The van der Waals surface area contributed by atoms with E-state index in [1.54, 1.807) is 25.0 Å². The molecule has 1 aliphatic rings. The summed E-state index contributed by atoms with van der Waals surface area (Å²) >= 11 is 0. The van der Waals surface area contributed by atoms with E-state index in [-0.39, 0.29) is 18.4 Å². The lowest BCUT2D eigenvalue weighted by atomic mass is 9.95. The molecule has 0 unspecified atom stereocenters. The van der Waals surface area contributed by atoms with E-state index in [1.807, 2.05) is 18.2 Å². The number of nitrogens with one attached hydrogen (secondary N) is 2. The van der Waals surface area contributed by atoms with Crippen LogP contribution in [0.4, 0.5) is 0 Å². The third-order valence-electron chi connectivity index (χ3n) is 4.98. The molecule has 2 amide bonds. The van der Waals surface area contributed by atoms with Crippen molar-refractivity contribution in [3.8, 4) is 5.75 Å². The topological polar surface area (TPSA) is 130 Å². The van der Waals surface area contributed by atoms with Crippen LogP contribution in [0.5, 0.6) is 5.75 Å². The molecular weight excluding hydrogens is 348 g/mol. The molecule has 9 heteroatoms. The molecule has 0 saturated carbocycles. The van der Waals surface area contributed by atoms with Gasteiger partial charge < -0.3 is 20.4 Å². The molecule has 27 heavy (non-hydrogen) atoms. The molecule has 1 aromatic carbocycles. The summed E-state index contributed by atoms with van der Waals surface area (Å²) in [6.45, 7) is 2.36. The molecule has 0 radical (unpaired) electrons. The fourth-order valence-electron chi connectivity index (χ4n) is 3.57. The number of carbonyl (C=O) groups is 2. The minimum absolute atomic E-state index is 0.189. The van der Waals surface area contributed by atoms with Crippen molar-refractivity contribution < 1.29 is 14.3 Å². The van der Waals surface area contributed by atoms with Gasteiger partial charge in [0.15, 0.2) is 5.82 Å². The lowest BCUT2D eigenvalue weighted by molar-refractivity contribution is -0.121. The molecule has 1 aliphatic heterocycles. The second-order valence-corrected chi connectivity index (χ2v) is 6.74. The first-order valence-corrected chi connectivity index (χ1v) is 8.60. The molecule has 140 valence electrons.